The maximum absolute atomic E-state index is 12.8. The Morgan fingerprint density at radius 2 is 1.76 bits per heavy atom. The van der Waals surface area contributed by atoms with E-state index in [1.165, 1.54) is 0 Å². The largest absolute Gasteiger partial charge is 0.346 e. The number of aryl methyl sites for hydroxylation is 4. The first-order chi connectivity index (χ1) is 12.0. The number of nitrogens with one attached hydrogen (secondary N) is 1. The zero-order valence-corrected chi connectivity index (χ0v) is 15.0. The number of rotatable bonds is 4. The Morgan fingerprint density at radius 3 is 2.44 bits per heavy atom. The van der Waals surface area contributed by atoms with Crippen molar-refractivity contribution in [1.82, 2.24) is 19.9 Å². The second kappa shape index (κ2) is 6.89. The summed E-state index contributed by atoms with van der Waals surface area (Å²) in [5.74, 6) is 0.587. The van der Waals surface area contributed by atoms with Crippen molar-refractivity contribution in [3.8, 4) is 5.69 Å². The van der Waals surface area contributed by atoms with Crippen molar-refractivity contribution in [2.24, 2.45) is 0 Å². The van der Waals surface area contributed by atoms with Crippen molar-refractivity contribution in [1.29, 1.82) is 0 Å². The molecule has 0 unspecified atom stereocenters. The van der Waals surface area contributed by atoms with Gasteiger partial charge in [0.25, 0.3) is 5.91 Å². The molecule has 2 heterocycles. The maximum atomic E-state index is 12.8. The van der Waals surface area contributed by atoms with Crippen LogP contribution in [0.5, 0.6) is 0 Å². The average Bonchev–Trinajstić information content (AvgIpc) is 2.91. The van der Waals surface area contributed by atoms with Gasteiger partial charge in [-0.1, -0.05) is 11.6 Å². The molecule has 1 N–H and O–H groups in total. The van der Waals surface area contributed by atoms with Crippen molar-refractivity contribution >= 4 is 5.91 Å². The van der Waals surface area contributed by atoms with Crippen LogP contribution in [0, 0.1) is 27.7 Å². The highest BCUT2D eigenvalue weighted by Gasteiger charge is 2.15. The highest BCUT2D eigenvalue weighted by molar-refractivity contribution is 5.98. The molecule has 0 saturated carbocycles. The lowest BCUT2D eigenvalue weighted by Crippen LogP contribution is -2.25. The molecule has 0 radical (unpaired) electrons. The third kappa shape index (κ3) is 3.60. The topological polar surface area (TPSA) is 59.8 Å². The molecule has 0 aliphatic heterocycles. The summed E-state index contributed by atoms with van der Waals surface area (Å²) in [6, 6.07) is 11.9. The number of aromatic nitrogens is 3. The summed E-state index contributed by atoms with van der Waals surface area (Å²) in [5, 5.41) is 2.97. The summed E-state index contributed by atoms with van der Waals surface area (Å²) < 4.78 is 2.10. The highest BCUT2D eigenvalue weighted by atomic mass is 16.1. The van der Waals surface area contributed by atoms with Crippen molar-refractivity contribution < 1.29 is 4.79 Å². The fraction of sp³-hybridized carbons (Fsp3) is 0.250. The number of hydrogen-bond acceptors (Lipinski definition) is 3. The quantitative estimate of drug-likeness (QED) is 0.795. The van der Waals surface area contributed by atoms with Gasteiger partial charge in [-0.15, -0.1) is 0 Å². The number of amides is 1. The summed E-state index contributed by atoms with van der Waals surface area (Å²) in [6.07, 6.45) is 1.70. The Labute approximate surface area is 147 Å². The van der Waals surface area contributed by atoms with Gasteiger partial charge in [0, 0.05) is 17.6 Å². The molecule has 25 heavy (non-hydrogen) atoms. The van der Waals surface area contributed by atoms with E-state index in [0.717, 1.165) is 28.3 Å². The normalized spacial score (nSPS) is 10.7. The van der Waals surface area contributed by atoms with Gasteiger partial charge in [0.2, 0.25) is 0 Å². The van der Waals surface area contributed by atoms with E-state index < -0.39 is 0 Å². The van der Waals surface area contributed by atoms with Gasteiger partial charge in [-0.3, -0.25) is 4.79 Å². The number of nitrogens with zero attached hydrogens (tertiary/aromatic N) is 3. The Morgan fingerprint density at radius 1 is 1.04 bits per heavy atom. The van der Waals surface area contributed by atoms with Crippen LogP contribution in [0.15, 0.2) is 42.6 Å². The van der Waals surface area contributed by atoms with E-state index >= 15 is 0 Å². The minimum Gasteiger partial charge on any atom is -0.346 e. The number of carbonyl (C=O) groups is 1. The smallest absolute Gasteiger partial charge is 0.253 e. The molecule has 0 spiro atoms. The molecular weight excluding hydrogens is 312 g/mol. The highest BCUT2D eigenvalue weighted by Crippen LogP contribution is 2.21. The van der Waals surface area contributed by atoms with Crippen LogP contribution in [0.1, 0.15) is 38.8 Å². The van der Waals surface area contributed by atoms with E-state index in [9.17, 15) is 4.79 Å². The third-order valence-electron chi connectivity index (χ3n) is 4.17. The molecule has 3 aromatic rings. The second-order valence-corrected chi connectivity index (χ2v) is 6.25. The van der Waals surface area contributed by atoms with Crippen LogP contribution < -0.4 is 5.32 Å². The van der Waals surface area contributed by atoms with Crippen LogP contribution >= 0.6 is 0 Å². The van der Waals surface area contributed by atoms with Gasteiger partial charge in [-0.05, 0) is 58.0 Å². The molecule has 0 bridgehead atoms. The van der Waals surface area contributed by atoms with Gasteiger partial charge >= 0.3 is 0 Å². The molecule has 0 atom stereocenters. The standard InChI is InChI=1S/C20H22N4O/c1-13-5-8-19(24-14(2)6-7-15(24)3)18(11-13)20(25)22-12-17-9-10-21-16(4)23-17/h5-11H,12H2,1-4H3,(H,22,25). The van der Waals surface area contributed by atoms with Gasteiger partial charge in [0.1, 0.15) is 5.82 Å². The zero-order valence-electron chi connectivity index (χ0n) is 15.0. The fourth-order valence-corrected chi connectivity index (χ4v) is 2.94. The van der Waals surface area contributed by atoms with Gasteiger partial charge in [0.15, 0.2) is 0 Å². The predicted molar refractivity (Wildman–Crippen MR) is 97.9 cm³/mol. The van der Waals surface area contributed by atoms with Gasteiger partial charge in [0.05, 0.1) is 23.5 Å². The molecule has 2 aromatic heterocycles. The predicted octanol–water partition coefficient (Wildman–Crippen LogP) is 3.43. The first-order valence-corrected chi connectivity index (χ1v) is 8.28. The van der Waals surface area contributed by atoms with E-state index in [0.29, 0.717) is 17.9 Å². The summed E-state index contributed by atoms with van der Waals surface area (Å²) in [6.45, 7) is 8.28. The van der Waals surface area contributed by atoms with E-state index in [2.05, 4.69) is 32.0 Å². The third-order valence-corrected chi connectivity index (χ3v) is 4.17. The Kier molecular flexibility index (Phi) is 4.65. The van der Waals surface area contributed by atoms with Crippen molar-refractivity contribution in [3.63, 3.8) is 0 Å². The molecule has 5 heteroatoms. The minimum absolute atomic E-state index is 0.109. The summed E-state index contributed by atoms with van der Waals surface area (Å²) in [7, 11) is 0. The second-order valence-electron chi connectivity index (χ2n) is 6.25. The van der Waals surface area contributed by atoms with Crippen LogP contribution in [0.2, 0.25) is 0 Å². The van der Waals surface area contributed by atoms with Gasteiger partial charge in [-0.25, -0.2) is 9.97 Å². The Hall–Kier alpha value is -2.95. The molecule has 1 amide bonds. The number of carbonyl (C=O) groups excluding carboxylic acids is 1. The van der Waals surface area contributed by atoms with Crippen molar-refractivity contribution in [3.05, 3.63) is 76.6 Å². The van der Waals surface area contributed by atoms with E-state index in [1.54, 1.807) is 6.20 Å². The average molecular weight is 334 g/mol. The van der Waals surface area contributed by atoms with Crippen LogP contribution in [-0.2, 0) is 6.54 Å². The van der Waals surface area contributed by atoms with E-state index in [-0.39, 0.29) is 5.91 Å². The lowest BCUT2D eigenvalue weighted by molar-refractivity contribution is 0.0950. The van der Waals surface area contributed by atoms with Crippen LogP contribution in [0.4, 0.5) is 0 Å². The molecule has 0 fully saturated rings. The monoisotopic (exact) mass is 334 g/mol. The lowest BCUT2D eigenvalue weighted by Gasteiger charge is -2.15. The number of benzene rings is 1. The van der Waals surface area contributed by atoms with E-state index in [4.69, 9.17) is 0 Å². The first-order valence-electron chi connectivity index (χ1n) is 8.28. The Balaban J connectivity index is 1.91. The summed E-state index contributed by atoms with van der Waals surface area (Å²) >= 11 is 0. The molecule has 1 aromatic carbocycles. The fourth-order valence-electron chi connectivity index (χ4n) is 2.94. The van der Waals surface area contributed by atoms with Crippen molar-refractivity contribution in [2.45, 2.75) is 34.2 Å². The minimum atomic E-state index is -0.109. The number of hydrogen-bond donors (Lipinski definition) is 1. The lowest BCUT2D eigenvalue weighted by atomic mass is 10.1. The van der Waals surface area contributed by atoms with Gasteiger partial charge < -0.3 is 9.88 Å². The van der Waals surface area contributed by atoms with Gasteiger partial charge in [-0.2, -0.15) is 0 Å². The Bertz CT molecular complexity index is 908. The van der Waals surface area contributed by atoms with Crippen LogP contribution in [0.3, 0.4) is 0 Å². The molecule has 0 aliphatic carbocycles. The maximum Gasteiger partial charge on any atom is 0.253 e. The van der Waals surface area contributed by atoms with Crippen molar-refractivity contribution in [2.75, 3.05) is 0 Å². The van der Waals surface area contributed by atoms with Crippen LogP contribution in [-0.4, -0.2) is 20.4 Å². The molecule has 0 saturated heterocycles. The van der Waals surface area contributed by atoms with Crippen LogP contribution in [0.25, 0.3) is 5.69 Å². The molecule has 128 valence electrons. The zero-order chi connectivity index (χ0) is 18.0. The molecular formula is C20H22N4O. The SMILES string of the molecule is Cc1ccc(-n2c(C)ccc2C)c(C(=O)NCc2ccnc(C)n2)c1. The summed E-state index contributed by atoms with van der Waals surface area (Å²) in [5.41, 5.74) is 5.59. The first kappa shape index (κ1) is 16.9. The molecule has 0 aliphatic rings. The summed E-state index contributed by atoms with van der Waals surface area (Å²) in [4.78, 5) is 21.2. The molecule has 3 rings (SSSR count). The van der Waals surface area contributed by atoms with E-state index in [1.807, 2.05) is 52.0 Å². The molecule has 5 nitrogen and oxygen atoms in total.